The second-order valence-corrected chi connectivity index (χ2v) is 5.69. The van der Waals surface area contributed by atoms with Gasteiger partial charge in [0.15, 0.2) is 0 Å². The van der Waals surface area contributed by atoms with Crippen LogP contribution in [0.5, 0.6) is 0 Å². The van der Waals surface area contributed by atoms with Crippen LogP contribution in [0, 0.1) is 18.8 Å². The fraction of sp³-hybridized carbons (Fsp3) is 0.643. The number of nitrogens with zero attached hydrogens (tertiary/aromatic N) is 2. The van der Waals surface area contributed by atoms with Gasteiger partial charge in [0.05, 0.1) is 11.9 Å². The molecule has 0 atom stereocenters. The van der Waals surface area contributed by atoms with Crippen molar-refractivity contribution < 1.29 is 0 Å². The SMILES string of the molecule is Cc1cc(N(CC2CC2)CC2CC2)ncc1N. The summed E-state index contributed by atoms with van der Waals surface area (Å²) in [5, 5.41) is 0. The molecule has 2 fully saturated rings. The summed E-state index contributed by atoms with van der Waals surface area (Å²) < 4.78 is 0. The maximum atomic E-state index is 5.84. The summed E-state index contributed by atoms with van der Waals surface area (Å²) in [5.41, 5.74) is 7.78. The number of pyridine rings is 1. The molecule has 0 aliphatic heterocycles. The topological polar surface area (TPSA) is 42.2 Å². The van der Waals surface area contributed by atoms with Gasteiger partial charge in [-0.2, -0.15) is 0 Å². The van der Waals surface area contributed by atoms with Crippen LogP contribution in [0.25, 0.3) is 0 Å². The molecule has 3 nitrogen and oxygen atoms in total. The molecule has 0 aromatic carbocycles. The van der Waals surface area contributed by atoms with Gasteiger partial charge in [-0.25, -0.2) is 4.98 Å². The molecule has 2 aliphatic rings. The van der Waals surface area contributed by atoms with E-state index in [1.54, 1.807) is 6.20 Å². The van der Waals surface area contributed by atoms with Crippen LogP contribution in [0.2, 0.25) is 0 Å². The van der Waals surface area contributed by atoms with Gasteiger partial charge in [-0.15, -0.1) is 0 Å². The first-order chi connectivity index (χ1) is 8.22. The summed E-state index contributed by atoms with van der Waals surface area (Å²) in [6.07, 6.45) is 7.39. The van der Waals surface area contributed by atoms with E-state index in [4.69, 9.17) is 5.73 Å². The van der Waals surface area contributed by atoms with Gasteiger partial charge in [-0.3, -0.25) is 0 Å². The molecule has 2 saturated carbocycles. The van der Waals surface area contributed by atoms with Crippen molar-refractivity contribution in [1.29, 1.82) is 0 Å². The predicted octanol–water partition coefficient (Wildman–Crippen LogP) is 2.60. The van der Waals surface area contributed by atoms with E-state index < -0.39 is 0 Å². The lowest BCUT2D eigenvalue weighted by molar-refractivity contribution is 0.671. The summed E-state index contributed by atoms with van der Waals surface area (Å²) in [6.45, 7) is 4.44. The average Bonchev–Trinajstić information content (AvgIpc) is 3.15. The smallest absolute Gasteiger partial charge is 0.128 e. The summed E-state index contributed by atoms with van der Waals surface area (Å²) >= 11 is 0. The van der Waals surface area contributed by atoms with Crippen molar-refractivity contribution in [2.75, 3.05) is 23.7 Å². The number of aromatic nitrogens is 1. The standard InChI is InChI=1S/C14H21N3/c1-10-6-14(16-7-13(10)15)17(8-11-2-3-11)9-12-4-5-12/h6-7,11-12H,2-5,8-9,15H2,1H3. The number of rotatable bonds is 5. The van der Waals surface area contributed by atoms with Gasteiger partial charge < -0.3 is 10.6 Å². The Morgan fingerprint density at radius 3 is 2.29 bits per heavy atom. The molecule has 1 heterocycles. The van der Waals surface area contributed by atoms with Crippen molar-refractivity contribution in [2.24, 2.45) is 11.8 Å². The molecule has 3 heteroatoms. The van der Waals surface area contributed by atoms with E-state index in [-0.39, 0.29) is 0 Å². The zero-order chi connectivity index (χ0) is 11.8. The van der Waals surface area contributed by atoms with E-state index in [9.17, 15) is 0 Å². The van der Waals surface area contributed by atoms with Gasteiger partial charge in [0.25, 0.3) is 0 Å². The van der Waals surface area contributed by atoms with Crippen LogP contribution in [-0.4, -0.2) is 18.1 Å². The second-order valence-electron chi connectivity index (χ2n) is 5.69. The first-order valence-corrected chi connectivity index (χ1v) is 6.69. The third kappa shape index (κ3) is 2.71. The van der Waals surface area contributed by atoms with E-state index >= 15 is 0 Å². The molecular weight excluding hydrogens is 210 g/mol. The van der Waals surface area contributed by atoms with Crippen LogP contribution in [-0.2, 0) is 0 Å². The summed E-state index contributed by atoms with van der Waals surface area (Å²) in [7, 11) is 0. The van der Waals surface area contributed by atoms with Crippen LogP contribution in [0.1, 0.15) is 31.2 Å². The van der Waals surface area contributed by atoms with Crippen molar-refractivity contribution in [2.45, 2.75) is 32.6 Å². The highest BCUT2D eigenvalue weighted by molar-refractivity contribution is 5.52. The largest absolute Gasteiger partial charge is 0.397 e. The molecule has 1 aromatic heterocycles. The van der Waals surface area contributed by atoms with E-state index in [2.05, 4.69) is 22.9 Å². The van der Waals surface area contributed by atoms with Crippen molar-refractivity contribution >= 4 is 11.5 Å². The second kappa shape index (κ2) is 4.21. The van der Waals surface area contributed by atoms with E-state index in [0.29, 0.717) is 0 Å². The summed E-state index contributed by atoms with van der Waals surface area (Å²) in [5.74, 6) is 2.94. The Balaban J connectivity index is 1.76. The monoisotopic (exact) mass is 231 g/mol. The van der Waals surface area contributed by atoms with Crippen molar-refractivity contribution in [1.82, 2.24) is 4.98 Å². The average molecular weight is 231 g/mol. The maximum absolute atomic E-state index is 5.84. The molecule has 0 saturated heterocycles. The predicted molar refractivity (Wildman–Crippen MR) is 71.0 cm³/mol. The first-order valence-electron chi connectivity index (χ1n) is 6.69. The molecule has 3 rings (SSSR count). The van der Waals surface area contributed by atoms with E-state index in [0.717, 1.165) is 28.9 Å². The van der Waals surface area contributed by atoms with Crippen LogP contribution in [0.4, 0.5) is 11.5 Å². The number of nitrogen functional groups attached to an aromatic ring is 1. The summed E-state index contributed by atoms with van der Waals surface area (Å²) in [6, 6.07) is 2.14. The van der Waals surface area contributed by atoms with Gasteiger partial charge in [0.1, 0.15) is 5.82 Å². The highest BCUT2D eigenvalue weighted by atomic mass is 15.2. The van der Waals surface area contributed by atoms with Crippen LogP contribution in [0.15, 0.2) is 12.3 Å². The molecule has 2 N–H and O–H groups in total. The Morgan fingerprint density at radius 2 is 1.82 bits per heavy atom. The number of hydrogen-bond donors (Lipinski definition) is 1. The van der Waals surface area contributed by atoms with Gasteiger partial charge in [-0.05, 0) is 56.1 Å². The Labute approximate surface area is 103 Å². The number of hydrogen-bond acceptors (Lipinski definition) is 3. The van der Waals surface area contributed by atoms with Gasteiger partial charge in [0.2, 0.25) is 0 Å². The van der Waals surface area contributed by atoms with E-state index in [1.165, 1.54) is 38.8 Å². The zero-order valence-electron chi connectivity index (χ0n) is 10.5. The van der Waals surface area contributed by atoms with E-state index in [1.807, 2.05) is 0 Å². The van der Waals surface area contributed by atoms with Crippen LogP contribution < -0.4 is 10.6 Å². The van der Waals surface area contributed by atoms with Crippen LogP contribution >= 0.6 is 0 Å². The minimum Gasteiger partial charge on any atom is -0.397 e. The maximum Gasteiger partial charge on any atom is 0.128 e. The lowest BCUT2D eigenvalue weighted by Crippen LogP contribution is -2.29. The van der Waals surface area contributed by atoms with Crippen molar-refractivity contribution in [3.05, 3.63) is 17.8 Å². The molecule has 17 heavy (non-hydrogen) atoms. The lowest BCUT2D eigenvalue weighted by Gasteiger charge is -2.24. The van der Waals surface area contributed by atoms with Crippen LogP contribution in [0.3, 0.4) is 0 Å². The third-order valence-electron chi connectivity index (χ3n) is 3.81. The molecule has 0 spiro atoms. The molecule has 2 aliphatic carbocycles. The Bertz CT molecular complexity index is 394. The summed E-state index contributed by atoms with van der Waals surface area (Å²) in [4.78, 5) is 6.98. The molecule has 0 amide bonds. The molecule has 0 radical (unpaired) electrons. The van der Waals surface area contributed by atoms with Crippen molar-refractivity contribution in [3.63, 3.8) is 0 Å². The normalized spacial score (nSPS) is 19.4. The highest BCUT2D eigenvalue weighted by Crippen LogP contribution is 2.35. The number of anilines is 2. The highest BCUT2D eigenvalue weighted by Gasteiger charge is 2.29. The molecule has 0 bridgehead atoms. The molecule has 0 unspecified atom stereocenters. The zero-order valence-corrected chi connectivity index (χ0v) is 10.5. The Morgan fingerprint density at radius 1 is 1.24 bits per heavy atom. The lowest BCUT2D eigenvalue weighted by atomic mass is 10.2. The van der Waals surface area contributed by atoms with Gasteiger partial charge in [0, 0.05) is 13.1 Å². The first kappa shape index (κ1) is 10.9. The third-order valence-corrected chi connectivity index (χ3v) is 3.81. The quantitative estimate of drug-likeness (QED) is 0.847. The fourth-order valence-corrected chi connectivity index (χ4v) is 2.21. The van der Waals surface area contributed by atoms with Gasteiger partial charge >= 0.3 is 0 Å². The molecule has 1 aromatic rings. The Kier molecular flexibility index (Phi) is 2.69. The molecular formula is C14H21N3. The number of aryl methyl sites for hydroxylation is 1. The minimum absolute atomic E-state index is 0.798. The molecule has 92 valence electrons. The number of nitrogens with two attached hydrogens (primary N) is 1. The Hall–Kier alpha value is -1.25. The fourth-order valence-electron chi connectivity index (χ4n) is 2.21. The van der Waals surface area contributed by atoms with Gasteiger partial charge in [-0.1, -0.05) is 0 Å². The van der Waals surface area contributed by atoms with Crippen molar-refractivity contribution in [3.8, 4) is 0 Å². The minimum atomic E-state index is 0.798.